The molecule has 0 saturated carbocycles. The summed E-state index contributed by atoms with van der Waals surface area (Å²) in [5.41, 5.74) is 3.60. The summed E-state index contributed by atoms with van der Waals surface area (Å²) in [5.74, 6) is 0. The molecule has 0 atom stereocenters. The zero-order valence-electron chi connectivity index (χ0n) is 16.6. The van der Waals surface area contributed by atoms with Gasteiger partial charge in [-0.3, -0.25) is 9.36 Å². The predicted octanol–water partition coefficient (Wildman–Crippen LogP) is 3.65. The van der Waals surface area contributed by atoms with Crippen LogP contribution < -0.4 is 10.9 Å². The van der Waals surface area contributed by atoms with E-state index in [1.807, 2.05) is 19.1 Å². The summed E-state index contributed by atoms with van der Waals surface area (Å²) in [5, 5.41) is 20.0. The molecule has 7 nitrogen and oxygen atoms in total. The lowest BCUT2D eigenvalue weighted by atomic mass is 9.98. The van der Waals surface area contributed by atoms with Crippen molar-refractivity contribution < 1.29 is 5.11 Å². The Morgan fingerprint density at radius 3 is 2.80 bits per heavy atom. The molecule has 0 bridgehead atoms. The van der Waals surface area contributed by atoms with Crippen molar-refractivity contribution in [1.82, 2.24) is 19.3 Å². The highest BCUT2D eigenvalue weighted by Crippen LogP contribution is 2.28. The monoisotopic (exact) mass is 489 g/mol. The summed E-state index contributed by atoms with van der Waals surface area (Å²) in [4.78, 5) is 17.3. The molecule has 0 fully saturated rings. The van der Waals surface area contributed by atoms with Gasteiger partial charge in [0.1, 0.15) is 15.4 Å². The normalized spacial score (nSPS) is 11.5. The fraction of sp³-hybridized carbons (Fsp3) is 0.286. The molecule has 0 radical (unpaired) electrons. The number of nitrogens with one attached hydrogen (secondary N) is 1. The minimum Gasteiger partial charge on any atom is -0.394 e. The van der Waals surface area contributed by atoms with Crippen molar-refractivity contribution in [3.63, 3.8) is 0 Å². The summed E-state index contributed by atoms with van der Waals surface area (Å²) in [7, 11) is 1.74. The van der Waals surface area contributed by atoms with Crippen molar-refractivity contribution in [3.8, 4) is 0 Å². The summed E-state index contributed by atoms with van der Waals surface area (Å²) >= 11 is 9.33. The molecule has 3 heterocycles. The van der Waals surface area contributed by atoms with Crippen LogP contribution in [-0.4, -0.2) is 37.6 Å². The highest BCUT2D eigenvalue weighted by Gasteiger charge is 2.16. The highest BCUT2D eigenvalue weighted by atomic mass is 79.9. The van der Waals surface area contributed by atoms with E-state index in [0.717, 1.165) is 27.6 Å². The van der Waals surface area contributed by atoms with Crippen molar-refractivity contribution in [2.45, 2.75) is 19.9 Å². The molecular formula is C21H21BrClN5O2. The Hall–Kier alpha value is -2.42. The number of aryl methyl sites for hydroxylation is 2. The Kier molecular flexibility index (Phi) is 5.81. The van der Waals surface area contributed by atoms with E-state index in [1.54, 1.807) is 28.6 Å². The first-order valence-electron chi connectivity index (χ1n) is 9.55. The van der Waals surface area contributed by atoms with Gasteiger partial charge < -0.3 is 10.4 Å². The van der Waals surface area contributed by atoms with Gasteiger partial charge in [-0.2, -0.15) is 5.10 Å². The largest absolute Gasteiger partial charge is 0.394 e. The summed E-state index contributed by atoms with van der Waals surface area (Å²) in [6.07, 6.45) is 2.49. The molecule has 156 valence electrons. The molecule has 30 heavy (non-hydrogen) atoms. The molecule has 3 aromatic heterocycles. The Bertz CT molecular complexity index is 1310. The molecule has 0 aliphatic heterocycles. The van der Waals surface area contributed by atoms with Gasteiger partial charge >= 0.3 is 0 Å². The maximum absolute atomic E-state index is 13.1. The van der Waals surface area contributed by atoms with Crippen molar-refractivity contribution in [2.75, 3.05) is 18.5 Å². The number of hydrogen-bond donors (Lipinski definition) is 2. The summed E-state index contributed by atoms with van der Waals surface area (Å²) in [6, 6.07) is 7.65. The van der Waals surface area contributed by atoms with Crippen LogP contribution in [0.1, 0.15) is 11.1 Å². The van der Waals surface area contributed by atoms with E-state index < -0.39 is 0 Å². The first kappa shape index (κ1) is 20.8. The van der Waals surface area contributed by atoms with Gasteiger partial charge in [0.25, 0.3) is 5.56 Å². The van der Waals surface area contributed by atoms with Crippen LogP contribution in [0, 0.1) is 6.92 Å². The molecule has 0 spiro atoms. The number of halogens is 2. The molecule has 0 amide bonds. The number of aromatic nitrogens is 4. The van der Waals surface area contributed by atoms with Gasteiger partial charge in [0, 0.05) is 29.8 Å². The van der Waals surface area contributed by atoms with Gasteiger partial charge in [-0.05, 0) is 53.0 Å². The van der Waals surface area contributed by atoms with Crippen LogP contribution >= 0.6 is 27.5 Å². The zero-order valence-corrected chi connectivity index (χ0v) is 19.0. The summed E-state index contributed by atoms with van der Waals surface area (Å²) < 4.78 is 3.94. The Labute approximate surface area is 186 Å². The van der Waals surface area contributed by atoms with E-state index in [0.29, 0.717) is 40.3 Å². The molecule has 9 heteroatoms. The maximum atomic E-state index is 13.1. The fourth-order valence-electron chi connectivity index (χ4n) is 3.87. The number of anilines is 1. The lowest BCUT2D eigenvalue weighted by Crippen LogP contribution is -2.21. The van der Waals surface area contributed by atoms with Crippen molar-refractivity contribution in [1.29, 1.82) is 0 Å². The standard InChI is InChI=1S/C21H21BrClN5O2/c1-12-9-13(5-6-24-16-3-4-17(23)26-19(16)22)18-14(10-12)21(30)27(2)20-15(18)11-25-28(20)7-8-29/h3-4,9-11,24,29H,5-8H2,1-2H3. The Balaban J connectivity index is 1.78. The number of benzene rings is 1. The van der Waals surface area contributed by atoms with E-state index in [1.165, 1.54) is 0 Å². The van der Waals surface area contributed by atoms with Gasteiger partial charge in [0.15, 0.2) is 0 Å². The van der Waals surface area contributed by atoms with Crippen LogP contribution in [0.2, 0.25) is 5.15 Å². The number of aliphatic hydroxyl groups is 1. The molecule has 0 saturated heterocycles. The number of fused-ring (bicyclic) bond motifs is 3. The van der Waals surface area contributed by atoms with Crippen LogP contribution in [0.15, 0.2) is 39.9 Å². The highest BCUT2D eigenvalue weighted by molar-refractivity contribution is 9.10. The van der Waals surface area contributed by atoms with Gasteiger partial charge in [-0.25, -0.2) is 9.67 Å². The van der Waals surface area contributed by atoms with E-state index in [4.69, 9.17) is 11.6 Å². The van der Waals surface area contributed by atoms with Gasteiger partial charge in [0.05, 0.1) is 25.0 Å². The number of aliphatic hydroxyl groups excluding tert-OH is 1. The fourth-order valence-corrected chi connectivity index (χ4v) is 4.58. The molecule has 4 rings (SSSR count). The van der Waals surface area contributed by atoms with Crippen molar-refractivity contribution >= 4 is 55.0 Å². The first-order valence-corrected chi connectivity index (χ1v) is 10.7. The minimum absolute atomic E-state index is 0.0440. The second kappa shape index (κ2) is 8.37. The molecule has 0 aliphatic rings. The number of nitrogens with zero attached hydrogens (tertiary/aromatic N) is 4. The van der Waals surface area contributed by atoms with Crippen molar-refractivity contribution in [2.24, 2.45) is 7.05 Å². The van der Waals surface area contributed by atoms with Crippen molar-refractivity contribution in [3.05, 3.63) is 61.7 Å². The van der Waals surface area contributed by atoms with E-state index >= 15 is 0 Å². The average molecular weight is 491 g/mol. The van der Waals surface area contributed by atoms with Gasteiger partial charge in [-0.1, -0.05) is 23.2 Å². The van der Waals surface area contributed by atoms with Crippen LogP contribution in [0.25, 0.3) is 21.8 Å². The van der Waals surface area contributed by atoms with Gasteiger partial charge in [0.2, 0.25) is 0 Å². The molecule has 0 aliphatic carbocycles. The molecule has 2 N–H and O–H groups in total. The number of rotatable bonds is 6. The summed E-state index contributed by atoms with van der Waals surface area (Å²) in [6.45, 7) is 2.94. The lowest BCUT2D eigenvalue weighted by molar-refractivity contribution is 0.271. The topological polar surface area (TPSA) is 85.0 Å². The second-order valence-corrected chi connectivity index (χ2v) is 8.33. The molecular weight excluding hydrogens is 470 g/mol. The van der Waals surface area contributed by atoms with Crippen LogP contribution in [-0.2, 0) is 20.0 Å². The second-order valence-electron chi connectivity index (χ2n) is 7.19. The smallest absolute Gasteiger partial charge is 0.259 e. The molecule has 4 aromatic rings. The average Bonchev–Trinajstić information content (AvgIpc) is 3.11. The molecule has 0 unspecified atom stereocenters. The van der Waals surface area contributed by atoms with E-state index in [-0.39, 0.29) is 12.2 Å². The van der Waals surface area contributed by atoms with Crippen LogP contribution in [0.5, 0.6) is 0 Å². The van der Waals surface area contributed by atoms with Gasteiger partial charge in [-0.15, -0.1) is 0 Å². The predicted molar refractivity (Wildman–Crippen MR) is 123 cm³/mol. The number of pyridine rings is 2. The van der Waals surface area contributed by atoms with E-state index in [9.17, 15) is 9.90 Å². The zero-order chi connectivity index (χ0) is 21.4. The molecule has 1 aromatic carbocycles. The maximum Gasteiger partial charge on any atom is 0.259 e. The lowest BCUT2D eigenvalue weighted by Gasteiger charge is -2.14. The minimum atomic E-state index is -0.0697. The third kappa shape index (κ3) is 3.71. The van der Waals surface area contributed by atoms with E-state index in [2.05, 4.69) is 37.4 Å². The first-order chi connectivity index (χ1) is 14.4. The third-order valence-corrected chi connectivity index (χ3v) is 5.95. The quantitative estimate of drug-likeness (QED) is 0.403. The van der Waals surface area contributed by atoms with Crippen LogP contribution in [0.3, 0.4) is 0 Å². The Morgan fingerprint density at radius 1 is 1.27 bits per heavy atom. The van der Waals surface area contributed by atoms with Crippen LogP contribution in [0.4, 0.5) is 5.69 Å². The Morgan fingerprint density at radius 2 is 2.07 bits per heavy atom. The third-order valence-electron chi connectivity index (χ3n) is 5.13. The number of hydrogen-bond acceptors (Lipinski definition) is 5. The SMILES string of the molecule is Cc1cc(CCNc2ccc(Cl)nc2Br)c2c(c1)c(=O)n(C)c1c2cnn1CCO.